The average Bonchev–Trinajstić information content (AvgIpc) is 2.63. The van der Waals surface area contributed by atoms with E-state index in [0.717, 1.165) is 17.7 Å². The monoisotopic (exact) mass is 172 g/mol. The number of ether oxygens (including phenoxy) is 1. The number of fused-ring (bicyclic) bond motifs is 1. The van der Waals surface area contributed by atoms with E-state index in [9.17, 15) is 0 Å². The predicted octanol–water partition coefficient (Wildman–Crippen LogP) is 2.87. The summed E-state index contributed by atoms with van der Waals surface area (Å²) in [5.74, 6) is 0.751. The van der Waals surface area contributed by atoms with E-state index >= 15 is 0 Å². The van der Waals surface area contributed by atoms with E-state index in [4.69, 9.17) is 4.74 Å². The van der Waals surface area contributed by atoms with E-state index in [-0.39, 0.29) is 0 Å². The van der Waals surface area contributed by atoms with Gasteiger partial charge in [-0.2, -0.15) is 0 Å². The summed E-state index contributed by atoms with van der Waals surface area (Å²) < 4.78 is 5.14. The molecule has 66 valence electrons. The Morgan fingerprint density at radius 1 is 1.46 bits per heavy atom. The molecule has 1 aliphatic rings. The Bertz CT molecular complexity index is 375. The Kier molecular flexibility index (Phi) is 1.93. The number of rotatable bonds is 2. The molecule has 1 nitrogen and oxygen atoms in total. The minimum Gasteiger partial charge on any atom is -0.497 e. The van der Waals surface area contributed by atoms with Crippen LogP contribution in [0, 0.1) is 0 Å². The van der Waals surface area contributed by atoms with Gasteiger partial charge in [0.25, 0.3) is 0 Å². The summed E-state index contributed by atoms with van der Waals surface area (Å²) in [6.45, 7) is 3.87. The molecule has 1 aliphatic carbocycles. The van der Waals surface area contributed by atoms with Crippen molar-refractivity contribution in [2.24, 2.45) is 0 Å². The second-order valence-electron chi connectivity index (χ2n) is 3.11. The first-order valence-corrected chi connectivity index (χ1v) is 4.34. The van der Waals surface area contributed by atoms with Crippen molar-refractivity contribution in [3.8, 4) is 0 Å². The van der Waals surface area contributed by atoms with Crippen molar-refractivity contribution in [2.45, 2.75) is 6.42 Å². The van der Waals surface area contributed by atoms with Crippen LogP contribution in [0.1, 0.15) is 16.7 Å². The fraction of sp³-hybridized carbons (Fsp3) is 0.167. The fourth-order valence-electron chi connectivity index (χ4n) is 1.66. The van der Waals surface area contributed by atoms with Crippen molar-refractivity contribution in [3.63, 3.8) is 0 Å². The van der Waals surface area contributed by atoms with Gasteiger partial charge in [0.05, 0.1) is 7.11 Å². The summed E-state index contributed by atoms with van der Waals surface area (Å²) in [5, 5.41) is 0. The van der Waals surface area contributed by atoms with Crippen molar-refractivity contribution in [2.75, 3.05) is 7.11 Å². The quantitative estimate of drug-likeness (QED) is 0.623. The molecule has 0 saturated carbocycles. The molecule has 0 unspecified atom stereocenters. The van der Waals surface area contributed by atoms with Crippen molar-refractivity contribution >= 4 is 11.8 Å². The highest BCUT2D eigenvalue weighted by Gasteiger charge is 2.11. The molecule has 1 heteroatoms. The summed E-state index contributed by atoms with van der Waals surface area (Å²) in [5.41, 5.74) is 3.75. The van der Waals surface area contributed by atoms with E-state index in [1.54, 1.807) is 7.11 Å². The molecule has 2 rings (SSSR count). The zero-order valence-electron chi connectivity index (χ0n) is 7.71. The molecule has 0 amide bonds. The molecule has 0 atom stereocenters. The van der Waals surface area contributed by atoms with E-state index in [0.29, 0.717) is 0 Å². The summed E-state index contributed by atoms with van der Waals surface area (Å²) in [7, 11) is 1.66. The van der Waals surface area contributed by atoms with Gasteiger partial charge in [-0.05, 0) is 17.5 Å². The predicted molar refractivity (Wildman–Crippen MR) is 55.2 cm³/mol. The summed E-state index contributed by atoms with van der Waals surface area (Å²) in [4.78, 5) is 0. The molecule has 0 saturated heterocycles. The van der Waals surface area contributed by atoms with Crippen LogP contribution in [0.2, 0.25) is 0 Å². The molecule has 0 bridgehead atoms. The first-order chi connectivity index (χ1) is 6.33. The fourth-order valence-corrected chi connectivity index (χ4v) is 1.66. The third kappa shape index (κ3) is 1.26. The first-order valence-electron chi connectivity index (χ1n) is 4.34. The lowest BCUT2D eigenvalue weighted by molar-refractivity contribution is 0.371. The van der Waals surface area contributed by atoms with E-state index in [1.807, 2.05) is 6.07 Å². The third-order valence-corrected chi connectivity index (χ3v) is 2.38. The Hall–Kier alpha value is -1.50. The Balaban J connectivity index is 2.50. The lowest BCUT2D eigenvalue weighted by Crippen LogP contribution is -1.93. The maximum atomic E-state index is 5.14. The molecule has 0 N–H and O–H groups in total. The highest BCUT2D eigenvalue weighted by Crippen LogP contribution is 2.27. The lowest BCUT2D eigenvalue weighted by atomic mass is 10.0. The number of hydrogen-bond acceptors (Lipinski definition) is 1. The molecule has 0 spiro atoms. The molecule has 0 fully saturated rings. The minimum absolute atomic E-state index is 0.751. The van der Waals surface area contributed by atoms with Gasteiger partial charge in [0.15, 0.2) is 0 Å². The zero-order valence-corrected chi connectivity index (χ0v) is 7.71. The van der Waals surface area contributed by atoms with Crippen molar-refractivity contribution < 1.29 is 4.74 Å². The summed E-state index contributed by atoms with van der Waals surface area (Å²) >= 11 is 0. The molecule has 0 aliphatic heterocycles. The number of methoxy groups -OCH3 is 1. The highest BCUT2D eigenvalue weighted by atomic mass is 16.5. The molecule has 1 aromatic carbocycles. The van der Waals surface area contributed by atoms with Crippen molar-refractivity contribution in [3.05, 3.63) is 47.5 Å². The van der Waals surface area contributed by atoms with Gasteiger partial charge in [-0.3, -0.25) is 0 Å². The van der Waals surface area contributed by atoms with Gasteiger partial charge in [0.1, 0.15) is 5.76 Å². The number of benzene rings is 1. The summed E-state index contributed by atoms with van der Waals surface area (Å²) in [6.07, 6.45) is 5.30. The average molecular weight is 172 g/mol. The summed E-state index contributed by atoms with van der Waals surface area (Å²) in [6, 6.07) is 6.21. The van der Waals surface area contributed by atoms with Crippen LogP contribution < -0.4 is 0 Å². The van der Waals surface area contributed by atoms with Gasteiger partial charge >= 0.3 is 0 Å². The maximum absolute atomic E-state index is 5.14. The number of allylic oxidation sites excluding steroid dienone is 1. The van der Waals surface area contributed by atoms with Crippen LogP contribution in [-0.4, -0.2) is 7.11 Å². The Morgan fingerprint density at radius 3 is 3.08 bits per heavy atom. The SMILES string of the molecule is C=C(OC)c1cccc2c1CC=C2. The topological polar surface area (TPSA) is 9.23 Å². The second-order valence-corrected chi connectivity index (χ2v) is 3.11. The van der Waals surface area contributed by atoms with Gasteiger partial charge in [0.2, 0.25) is 0 Å². The smallest absolute Gasteiger partial charge is 0.119 e. The minimum atomic E-state index is 0.751. The standard InChI is InChI=1S/C12H12O/c1-9(13-2)11-7-3-5-10-6-4-8-12(10)11/h3-7H,1,8H2,2H3. The van der Waals surface area contributed by atoms with Crippen LogP contribution in [0.25, 0.3) is 11.8 Å². The normalized spacial score (nSPS) is 12.7. The van der Waals surface area contributed by atoms with Crippen LogP contribution in [0.15, 0.2) is 30.9 Å². The van der Waals surface area contributed by atoms with E-state index < -0.39 is 0 Å². The third-order valence-electron chi connectivity index (χ3n) is 2.38. The largest absolute Gasteiger partial charge is 0.497 e. The van der Waals surface area contributed by atoms with Crippen LogP contribution in [0.3, 0.4) is 0 Å². The number of hydrogen-bond donors (Lipinski definition) is 0. The van der Waals surface area contributed by atoms with Crippen LogP contribution in [0.5, 0.6) is 0 Å². The molecule has 13 heavy (non-hydrogen) atoms. The van der Waals surface area contributed by atoms with Crippen molar-refractivity contribution in [1.82, 2.24) is 0 Å². The second kappa shape index (κ2) is 3.09. The Labute approximate surface area is 78.3 Å². The van der Waals surface area contributed by atoms with Crippen LogP contribution in [-0.2, 0) is 11.2 Å². The lowest BCUT2D eigenvalue weighted by Gasteiger charge is -2.09. The highest BCUT2D eigenvalue weighted by molar-refractivity contribution is 5.71. The van der Waals surface area contributed by atoms with Gasteiger partial charge < -0.3 is 4.74 Å². The molecular formula is C12H12O. The first kappa shape index (κ1) is 8.11. The zero-order chi connectivity index (χ0) is 9.26. The van der Waals surface area contributed by atoms with E-state index in [2.05, 4.69) is 30.9 Å². The van der Waals surface area contributed by atoms with Gasteiger partial charge in [-0.25, -0.2) is 0 Å². The van der Waals surface area contributed by atoms with E-state index in [1.165, 1.54) is 11.1 Å². The maximum Gasteiger partial charge on any atom is 0.119 e. The molecule has 0 radical (unpaired) electrons. The van der Waals surface area contributed by atoms with Gasteiger partial charge in [-0.1, -0.05) is 36.9 Å². The van der Waals surface area contributed by atoms with Crippen LogP contribution >= 0.6 is 0 Å². The van der Waals surface area contributed by atoms with Gasteiger partial charge in [0, 0.05) is 5.56 Å². The van der Waals surface area contributed by atoms with Gasteiger partial charge in [-0.15, -0.1) is 0 Å². The molecular weight excluding hydrogens is 160 g/mol. The van der Waals surface area contributed by atoms with Crippen LogP contribution in [0.4, 0.5) is 0 Å². The van der Waals surface area contributed by atoms with Crippen molar-refractivity contribution in [1.29, 1.82) is 0 Å². The molecule has 1 aromatic rings. The molecule has 0 heterocycles. The Morgan fingerprint density at radius 2 is 2.31 bits per heavy atom. The molecule has 0 aromatic heterocycles.